The average molecular weight is 430 g/mol. The average Bonchev–Trinajstić information content (AvgIpc) is 2.69. The lowest BCUT2D eigenvalue weighted by atomic mass is 9.71. The third kappa shape index (κ3) is 6.62. The topological polar surface area (TPSA) is 49.6 Å². The highest BCUT2D eigenvalue weighted by atomic mass is 35.5. The molecule has 0 unspecified atom stereocenters. The lowest BCUT2D eigenvalue weighted by Gasteiger charge is -2.40. The van der Waals surface area contributed by atoms with Crippen LogP contribution >= 0.6 is 24.8 Å². The molecule has 2 aliphatic rings. The molecule has 0 spiro atoms. The van der Waals surface area contributed by atoms with Crippen molar-refractivity contribution in [2.75, 3.05) is 26.7 Å². The maximum Gasteiger partial charge on any atom is 0.223 e. The summed E-state index contributed by atoms with van der Waals surface area (Å²) in [5.74, 6) is 0.304. The fourth-order valence-electron chi connectivity index (χ4n) is 4.71. The van der Waals surface area contributed by atoms with Crippen molar-refractivity contribution < 1.29 is 4.79 Å². The van der Waals surface area contributed by atoms with E-state index >= 15 is 0 Å². The van der Waals surface area contributed by atoms with E-state index in [4.69, 9.17) is 5.73 Å². The Balaban J connectivity index is 0.00000196. The highest BCUT2D eigenvalue weighted by Gasteiger charge is 2.35. The predicted molar refractivity (Wildman–Crippen MR) is 121 cm³/mol. The van der Waals surface area contributed by atoms with Crippen molar-refractivity contribution in [2.45, 2.75) is 64.0 Å². The second kappa shape index (κ2) is 12.0. The highest BCUT2D eigenvalue weighted by Crippen LogP contribution is 2.39. The summed E-state index contributed by atoms with van der Waals surface area (Å²) >= 11 is 0. The van der Waals surface area contributed by atoms with Crippen molar-refractivity contribution in [3.8, 4) is 0 Å². The van der Waals surface area contributed by atoms with Crippen LogP contribution in [0.25, 0.3) is 0 Å². The lowest BCUT2D eigenvalue weighted by Crippen LogP contribution is -2.47. The summed E-state index contributed by atoms with van der Waals surface area (Å²) in [7, 11) is 2.01. The fourth-order valence-corrected chi connectivity index (χ4v) is 4.71. The molecule has 1 aliphatic heterocycles. The SMILES string of the molecule is CN(C(=O)CC1(CN)CCCCC1)C1CCN(Cc2ccccc2)CC1.Cl.Cl. The Morgan fingerprint density at radius 3 is 2.29 bits per heavy atom. The molecule has 2 fully saturated rings. The van der Waals surface area contributed by atoms with Gasteiger partial charge in [-0.1, -0.05) is 49.6 Å². The quantitative estimate of drug-likeness (QED) is 0.734. The third-order valence-corrected chi connectivity index (χ3v) is 6.62. The van der Waals surface area contributed by atoms with Gasteiger partial charge in [-0.05, 0) is 43.2 Å². The molecular weight excluding hydrogens is 393 g/mol. The molecule has 1 heterocycles. The van der Waals surface area contributed by atoms with Crippen LogP contribution in [0, 0.1) is 5.41 Å². The van der Waals surface area contributed by atoms with Gasteiger partial charge in [0, 0.05) is 39.1 Å². The second-order valence-corrected chi connectivity index (χ2v) is 8.44. The molecule has 160 valence electrons. The van der Waals surface area contributed by atoms with Gasteiger partial charge in [-0.2, -0.15) is 0 Å². The Hall–Kier alpha value is -0.810. The van der Waals surface area contributed by atoms with Gasteiger partial charge in [-0.25, -0.2) is 0 Å². The molecule has 0 aromatic heterocycles. The molecule has 0 radical (unpaired) electrons. The first kappa shape index (κ1) is 25.2. The summed E-state index contributed by atoms with van der Waals surface area (Å²) in [5, 5.41) is 0. The summed E-state index contributed by atoms with van der Waals surface area (Å²) in [5.41, 5.74) is 7.52. The summed E-state index contributed by atoms with van der Waals surface area (Å²) < 4.78 is 0. The number of nitrogens with zero attached hydrogens (tertiary/aromatic N) is 2. The molecule has 1 saturated heterocycles. The van der Waals surface area contributed by atoms with E-state index in [-0.39, 0.29) is 30.2 Å². The summed E-state index contributed by atoms with van der Waals surface area (Å²) in [6, 6.07) is 11.0. The molecule has 1 amide bonds. The van der Waals surface area contributed by atoms with E-state index in [9.17, 15) is 4.79 Å². The van der Waals surface area contributed by atoms with Gasteiger partial charge in [0.05, 0.1) is 0 Å². The maximum absolute atomic E-state index is 12.9. The maximum atomic E-state index is 12.9. The van der Waals surface area contributed by atoms with Crippen LogP contribution in [-0.4, -0.2) is 48.4 Å². The van der Waals surface area contributed by atoms with Crippen molar-refractivity contribution in [1.82, 2.24) is 9.80 Å². The van der Waals surface area contributed by atoms with Crippen LogP contribution in [0.4, 0.5) is 0 Å². The van der Waals surface area contributed by atoms with E-state index in [1.807, 2.05) is 11.9 Å². The van der Waals surface area contributed by atoms with Crippen molar-refractivity contribution >= 4 is 30.7 Å². The normalized spacial score (nSPS) is 19.9. The Bertz CT molecular complexity index is 570. The molecule has 0 bridgehead atoms. The van der Waals surface area contributed by atoms with Crippen LogP contribution < -0.4 is 5.73 Å². The number of likely N-dealkylation sites (tertiary alicyclic amines) is 1. The number of hydrogen-bond acceptors (Lipinski definition) is 3. The molecule has 2 N–H and O–H groups in total. The Morgan fingerprint density at radius 2 is 1.71 bits per heavy atom. The van der Waals surface area contributed by atoms with Crippen LogP contribution in [-0.2, 0) is 11.3 Å². The Morgan fingerprint density at radius 1 is 1.11 bits per heavy atom. The van der Waals surface area contributed by atoms with E-state index in [1.165, 1.54) is 24.8 Å². The number of benzene rings is 1. The number of nitrogens with two attached hydrogens (primary N) is 1. The zero-order valence-corrected chi connectivity index (χ0v) is 18.8. The van der Waals surface area contributed by atoms with Crippen molar-refractivity contribution in [1.29, 1.82) is 0 Å². The van der Waals surface area contributed by atoms with Gasteiger partial charge in [-0.15, -0.1) is 24.8 Å². The number of amides is 1. The minimum atomic E-state index is 0. The van der Waals surface area contributed by atoms with Crippen LogP contribution in [0.1, 0.15) is 56.9 Å². The number of rotatable bonds is 6. The zero-order chi connectivity index (χ0) is 18.4. The van der Waals surface area contributed by atoms with Gasteiger partial charge in [0.25, 0.3) is 0 Å². The van der Waals surface area contributed by atoms with E-state index in [0.717, 1.165) is 45.3 Å². The van der Waals surface area contributed by atoms with Crippen LogP contribution in [0.5, 0.6) is 0 Å². The largest absolute Gasteiger partial charge is 0.343 e. The predicted octanol–water partition coefficient (Wildman–Crippen LogP) is 4.25. The van der Waals surface area contributed by atoms with E-state index in [0.29, 0.717) is 24.9 Å². The van der Waals surface area contributed by atoms with Gasteiger partial charge in [0.2, 0.25) is 5.91 Å². The number of carbonyl (C=O) groups is 1. The molecule has 6 heteroatoms. The van der Waals surface area contributed by atoms with Crippen molar-refractivity contribution in [3.63, 3.8) is 0 Å². The van der Waals surface area contributed by atoms with Crippen LogP contribution in [0.15, 0.2) is 30.3 Å². The smallest absolute Gasteiger partial charge is 0.223 e. The van der Waals surface area contributed by atoms with E-state index in [1.54, 1.807) is 0 Å². The molecular formula is C22H37Cl2N3O. The first-order chi connectivity index (χ1) is 12.6. The Kier molecular flexibility index (Phi) is 10.8. The van der Waals surface area contributed by atoms with E-state index in [2.05, 4.69) is 35.2 Å². The van der Waals surface area contributed by atoms with Gasteiger partial charge in [0.1, 0.15) is 0 Å². The third-order valence-electron chi connectivity index (χ3n) is 6.62. The highest BCUT2D eigenvalue weighted by molar-refractivity contribution is 5.85. The van der Waals surface area contributed by atoms with Crippen LogP contribution in [0.3, 0.4) is 0 Å². The molecule has 1 aliphatic carbocycles. The molecule has 3 rings (SSSR count). The zero-order valence-electron chi connectivity index (χ0n) is 17.1. The number of hydrogen-bond donors (Lipinski definition) is 1. The minimum absolute atomic E-state index is 0. The lowest BCUT2D eigenvalue weighted by molar-refractivity contribution is -0.135. The standard InChI is InChI=1S/C22H35N3O.2ClH/c1-24(21(26)16-22(18-23)12-6-3-7-13-22)20-10-14-25(15-11-20)17-19-8-4-2-5-9-19;;/h2,4-5,8-9,20H,3,6-7,10-18,23H2,1H3;2*1H. The molecule has 1 aromatic rings. The van der Waals surface area contributed by atoms with Crippen molar-refractivity contribution in [2.24, 2.45) is 11.1 Å². The molecule has 4 nitrogen and oxygen atoms in total. The van der Waals surface area contributed by atoms with Crippen LogP contribution in [0.2, 0.25) is 0 Å². The van der Waals surface area contributed by atoms with E-state index < -0.39 is 0 Å². The number of piperidine rings is 1. The summed E-state index contributed by atoms with van der Waals surface area (Å²) in [6.07, 6.45) is 8.79. The van der Waals surface area contributed by atoms with Gasteiger partial charge < -0.3 is 10.6 Å². The van der Waals surface area contributed by atoms with Gasteiger partial charge in [-0.3, -0.25) is 9.69 Å². The summed E-state index contributed by atoms with van der Waals surface area (Å²) in [4.78, 5) is 17.4. The first-order valence-corrected chi connectivity index (χ1v) is 10.3. The molecule has 0 atom stereocenters. The fraction of sp³-hybridized carbons (Fsp3) is 0.682. The van der Waals surface area contributed by atoms with Gasteiger partial charge in [0.15, 0.2) is 0 Å². The van der Waals surface area contributed by atoms with Crippen molar-refractivity contribution in [3.05, 3.63) is 35.9 Å². The molecule has 1 saturated carbocycles. The Labute approximate surface area is 183 Å². The minimum Gasteiger partial charge on any atom is -0.343 e. The first-order valence-electron chi connectivity index (χ1n) is 10.3. The second-order valence-electron chi connectivity index (χ2n) is 8.44. The monoisotopic (exact) mass is 429 g/mol. The summed E-state index contributed by atoms with van der Waals surface area (Å²) in [6.45, 7) is 3.81. The molecule has 28 heavy (non-hydrogen) atoms. The number of carbonyl (C=O) groups excluding carboxylic acids is 1. The van der Waals surface area contributed by atoms with Gasteiger partial charge >= 0.3 is 0 Å². The molecule has 1 aromatic carbocycles. The number of halogens is 2.